The Labute approximate surface area is 98.0 Å². The fourth-order valence-electron chi connectivity index (χ4n) is 1.80. The maximum absolute atomic E-state index is 11.9. The van der Waals surface area contributed by atoms with Crippen molar-refractivity contribution in [3.05, 3.63) is 0 Å². The SMILES string of the molecule is CCOC(C)CNS(=O)(=O)C1CCNCC1. The lowest BCUT2D eigenvalue weighted by atomic mass is 10.2. The average molecular weight is 250 g/mol. The number of rotatable bonds is 6. The maximum Gasteiger partial charge on any atom is 0.214 e. The van der Waals surface area contributed by atoms with Crippen LogP contribution in [0.4, 0.5) is 0 Å². The zero-order chi connectivity index (χ0) is 12.0. The van der Waals surface area contributed by atoms with Crippen molar-refractivity contribution in [3.63, 3.8) is 0 Å². The highest BCUT2D eigenvalue weighted by atomic mass is 32.2. The van der Waals surface area contributed by atoms with Crippen LogP contribution in [0.5, 0.6) is 0 Å². The molecule has 1 aliphatic heterocycles. The highest BCUT2D eigenvalue weighted by molar-refractivity contribution is 7.90. The minimum atomic E-state index is -3.17. The van der Waals surface area contributed by atoms with Crippen molar-refractivity contribution in [1.29, 1.82) is 0 Å². The molecule has 0 radical (unpaired) electrons. The van der Waals surface area contributed by atoms with Gasteiger partial charge < -0.3 is 10.1 Å². The molecule has 1 atom stereocenters. The quantitative estimate of drug-likeness (QED) is 0.701. The average Bonchev–Trinajstić information content (AvgIpc) is 2.28. The summed E-state index contributed by atoms with van der Waals surface area (Å²) in [6.07, 6.45) is 1.32. The summed E-state index contributed by atoms with van der Waals surface area (Å²) in [5.41, 5.74) is 0. The molecule has 1 aliphatic rings. The molecule has 6 heteroatoms. The number of hydrogen-bond donors (Lipinski definition) is 2. The molecule has 96 valence electrons. The van der Waals surface area contributed by atoms with Gasteiger partial charge in [-0.3, -0.25) is 0 Å². The van der Waals surface area contributed by atoms with Crippen LogP contribution in [0.2, 0.25) is 0 Å². The van der Waals surface area contributed by atoms with Crippen molar-refractivity contribution in [1.82, 2.24) is 10.0 Å². The summed E-state index contributed by atoms with van der Waals surface area (Å²) in [5, 5.41) is 2.91. The van der Waals surface area contributed by atoms with Crippen LogP contribution in [0, 0.1) is 0 Å². The Morgan fingerprint density at radius 2 is 2.06 bits per heavy atom. The molecule has 2 N–H and O–H groups in total. The lowest BCUT2D eigenvalue weighted by Crippen LogP contribution is -2.43. The van der Waals surface area contributed by atoms with Crippen LogP contribution in [-0.2, 0) is 14.8 Å². The van der Waals surface area contributed by atoms with Gasteiger partial charge in [0.2, 0.25) is 10.0 Å². The molecule has 0 bridgehead atoms. The summed E-state index contributed by atoms with van der Waals surface area (Å²) in [5.74, 6) is 0. The molecule has 16 heavy (non-hydrogen) atoms. The Morgan fingerprint density at radius 1 is 1.44 bits per heavy atom. The topological polar surface area (TPSA) is 67.4 Å². The highest BCUT2D eigenvalue weighted by Gasteiger charge is 2.26. The second-order valence-corrected chi connectivity index (χ2v) is 6.15. The summed E-state index contributed by atoms with van der Waals surface area (Å²) >= 11 is 0. The molecule has 0 aromatic carbocycles. The molecule has 0 amide bonds. The Balaban J connectivity index is 2.38. The predicted octanol–water partition coefficient (Wildman–Crippen LogP) is 0.0828. The number of ether oxygens (including phenoxy) is 1. The fourth-order valence-corrected chi connectivity index (χ4v) is 3.36. The number of piperidine rings is 1. The van der Waals surface area contributed by atoms with Crippen LogP contribution in [0.15, 0.2) is 0 Å². The first-order valence-corrected chi connectivity index (χ1v) is 7.41. The van der Waals surface area contributed by atoms with Gasteiger partial charge in [-0.1, -0.05) is 0 Å². The lowest BCUT2D eigenvalue weighted by Gasteiger charge is -2.23. The van der Waals surface area contributed by atoms with Crippen molar-refractivity contribution in [3.8, 4) is 0 Å². The van der Waals surface area contributed by atoms with Crippen molar-refractivity contribution in [2.75, 3.05) is 26.2 Å². The molecule has 0 saturated carbocycles. The van der Waals surface area contributed by atoms with Crippen molar-refractivity contribution < 1.29 is 13.2 Å². The van der Waals surface area contributed by atoms with E-state index in [1.165, 1.54) is 0 Å². The van der Waals surface area contributed by atoms with Gasteiger partial charge in [-0.15, -0.1) is 0 Å². The van der Waals surface area contributed by atoms with Gasteiger partial charge in [0.05, 0.1) is 11.4 Å². The Bertz CT molecular complexity index is 286. The maximum atomic E-state index is 11.9. The van der Waals surface area contributed by atoms with E-state index < -0.39 is 10.0 Å². The van der Waals surface area contributed by atoms with Crippen molar-refractivity contribution >= 4 is 10.0 Å². The van der Waals surface area contributed by atoms with Crippen LogP contribution in [0.25, 0.3) is 0 Å². The van der Waals surface area contributed by atoms with E-state index in [2.05, 4.69) is 10.0 Å². The second kappa shape index (κ2) is 6.54. The van der Waals surface area contributed by atoms with Crippen LogP contribution < -0.4 is 10.0 Å². The Kier molecular flexibility index (Phi) is 5.68. The van der Waals surface area contributed by atoms with Gasteiger partial charge in [0, 0.05) is 13.2 Å². The summed E-state index contributed by atoms with van der Waals surface area (Å²) in [6.45, 7) is 6.31. The molecule has 0 aromatic heterocycles. The molecular weight excluding hydrogens is 228 g/mol. The summed E-state index contributed by atoms with van der Waals surface area (Å²) in [6, 6.07) is 0. The lowest BCUT2D eigenvalue weighted by molar-refractivity contribution is 0.0799. The minimum absolute atomic E-state index is 0.0681. The first kappa shape index (κ1) is 13.9. The first-order valence-electron chi connectivity index (χ1n) is 5.87. The molecule has 1 fully saturated rings. The Morgan fingerprint density at radius 3 is 2.62 bits per heavy atom. The molecule has 0 spiro atoms. The van der Waals surface area contributed by atoms with Gasteiger partial charge in [0.25, 0.3) is 0 Å². The first-order chi connectivity index (χ1) is 7.56. The highest BCUT2D eigenvalue weighted by Crippen LogP contribution is 2.11. The normalized spacial score (nSPS) is 20.9. The van der Waals surface area contributed by atoms with E-state index in [4.69, 9.17) is 4.74 Å². The van der Waals surface area contributed by atoms with Gasteiger partial charge in [-0.05, 0) is 39.8 Å². The molecule has 1 heterocycles. The summed E-state index contributed by atoms with van der Waals surface area (Å²) in [4.78, 5) is 0. The van der Waals surface area contributed by atoms with E-state index in [9.17, 15) is 8.42 Å². The molecule has 5 nitrogen and oxygen atoms in total. The molecule has 0 aromatic rings. The smallest absolute Gasteiger partial charge is 0.214 e. The van der Waals surface area contributed by atoms with Gasteiger partial charge in [0.15, 0.2) is 0 Å². The standard InChI is InChI=1S/C10H22N2O3S/c1-3-15-9(2)8-12-16(13,14)10-4-6-11-7-5-10/h9-12H,3-8H2,1-2H3. The predicted molar refractivity (Wildman–Crippen MR) is 63.9 cm³/mol. The Hall–Kier alpha value is -0.170. The van der Waals surface area contributed by atoms with Crippen LogP contribution in [-0.4, -0.2) is 46.0 Å². The number of sulfonamides is 1. The molecule has 1 saturated heterocycles. The van der Waals surface area contributed by atoms with E-state index in [1.807, 2.05) is 13.8 Å². The van der Waals surface area contributed by atoms with Crippen molar-refractivity contribution in [2.45, 2.75) is 38.0 Å². The zero-order valence-corrected chi connectivity index (χ0v) is 10.8. The summed E-state index contributed by atoms with van der Waals surface area (Å²) in [7, 11) is -3.17. The number of nitrogens with one attached hydrogen (secondary N) is 2. The van der Waals surface area contributed by atoms with E-state index >= 15 is 0 Å². The zero-order valence-electron chi connectivity index (χ0n) is 10.0. The molecule has 0 aliphatic carbocycles. The van der Waals surface area contributed by atoms with E-state index in [1.54, 1.807) is 0 Å². The van der Waals surface area contributed by atoms with Gasteiger partial charge in [0.1, 0.15) is 0 Å². The van der Waals surface area contributed by atoms with Crippen LogP contribution >= 0.6 is 0 Å². The molecule has 1 unspecified atom stereocenters. The van der Waals surface area contributed by atoms with Crippen LogP contribution in [0.1, 0.15) is 26.7 Å². The van der Waals surface area contributed by atoms with Gasteiger partial charge >= 0.3 is 0 Å². The summed E-state index contributed by atoms with van der Waals surface area (Å²) < 4.78 is 31.7. The van der Waals surface area contributed by atoms with E-state index in [-0.39, 0.29) is 11.4 Å². The third kappa shape index (κ3) is 4.37. The van der Waals surface area contributed by atoms with Gasteiger partial charge in [-0.25, -0.2) is 13.1 Å². The van der Waals surface area contributed by atoms with Gasteiger partial charge in [-0.2, -0.15) is 0 Å². The largest absolute Gasteiger partial charge is 0.377 e. The minimum Gasteiger partial charge on any atom is -0.377 e. The van der Waals surface area contributed by atoms with Crippen molar-refractivity contribution in [2.24, 2.45) is 0 Å². The molecular formula is C10H22N2O3S. The third-order valence-electron chi connectivity index (χ3n) is 2.75. The third-order valence-corrected chi connectivity index (χ3v) is 4.67. The number of hydrogen-bond acceptors (Lipinski definition) is 4. The van der Waals surface area contributed by atoms with E-state index in [0.717, 1.165) is 13.1 Å². The molecule has 1 rings (SSSR count). The van der Waals surface area contributed by atoms with Crippen LogP contribution in [0.3, 0.4) is 0 Å². The fraction of sp³-hybridized carbons (Fsp3) is 1.00. The second-order valence-electron chi connectivity index (χ2n) is 4.11. The van der Waals surface area contributed by atoms with E-state index in [0.29, 0.717) is 26.0 Å². The monoisotopic (exact) mass is 250 g/mol.